The molecule has 1 aromatic carbocycles. The molecule has 0 saturated heterocycles. The minimum Gasteiger partial charge on any atom is -0.550 e. The second kappa shape index (κ2) is 40.1. The summed E-state index contributed by atoms with van der Waals surface area (Å²) < 4.78 is 22.2. The summed E-state index contributed by atoms with van der Waals surface area (Å²) in [5.74, 6) is -1.12. The van der Waals surface area contributed by atoms with E-state index >= 15 is 0 Å². The molecule has 0 aliphatic rings. The van der Waals surface area contributed by atoms with Crippen LogP contribution in [0.2, 0.25) is 0 Å². The van der Waals surface area contributed by atoms with Gasteiger partial charge in [0, 0.05) is 31.2 Å². The summed E-state index contributed by atoms with van der Waals surface area (Å²) in [6, 6.07) is 8.36. The first-order valence-electron chi connectivity index (χ1n) is 23.6. The number of azo groups is 1. The van der Waals surface area contributed by atoms with E-state index in [1.165, 1.54) is 146 Å². The average Bonchev–Trinajstić information content (AvgIpc) is 3.57. The average molecular weight is 888 g/mol. The number of hydrogen-bond donors (Lipinski definition) is 0. The van der Waals surface area contributed by atoms with Crippen molar-refractivity contribution in [3.05, 3.63) is 46.3 Å². The minimum atomic E-state index is -1.12. The first kappa shape index (κ1) is 57.6. The van der Waals surface area contributed by atoms with E-state index in [4.69, 9.17) is 25.5 Å². The molecule has 1 heterocycles. The molecule has 62 heavy (non-hydrogen) atoms. The van der Waals surface area contributed by atoms with E-state index in [9.17, 15) is 15.2 Å². The summed E-state index contributed by atoms with van der Waals surface area (Å²) in [4.78, 5) is 16.3. The molecule has 13 heteroatoms. The second-order valence-electron chi connectivity index (χ2n) is 16.1. The predicted molar refractivity (Wildman–Crippen MR) is 248 cm³/mol. The van der Waals surface area contributed by atoms with E-state index in [0.717, 1.165) is 36.4 Å². The number of nitrogens with zero attached hydrogens (tertiary/aromatic N) is 5. The molecule has 0 bridgehead atoms. The van der Waals surface area contributed by atoms with Crippen molar-refractivity contribution in [2.24, 2.45) is 10.2 Å². The van der Waals surface area contributed by atoms with Gasteiger partial charge in [0.1, 0.15) is 11.1 Å². The summed E-state index contributed by atoms with van der Waals surface area (Å²) in [5, 5.41) is 29.8. The molecule has 0 saturated carbocycles. The summed E-state index contributed by atoms with van der Waals surface area (Å²) in [7, 11) is 0. The van der Waals surface area contributed by atoms with Crippen LogP contribution in [0.15, 0.2) is 28.4 Å². The van der Waals surface area contributed by atoms with Crippen molar-refractivity contribution in [3.8, 4) is 6.07 Å². The van der Waals surface area contributed by atoms with Gasteiger partial charge >= 0.3 is 29.6 Å². The Morgan fingerprint density at radius 1 is 0.694 bits per heavy atom. The quantitative estimate of drug-likeness (QED) is 0.0279. The monoisotopic (exact) mass is 888 g/mol. The van der Waals surface area contributed by atoms with Gasteiger partial charge in [-0.1, -0.05) is 142 Å². The first-order valence-corrected chi connectivity index (χ1v) is 24.4. The standard InChI is InChI=1S/C49H79N5O6S.Na/c1-5-6-7-8-9-10-11-12-13-14-15-16-17-18-19-20-21-22-23-24-25-26-30-54(31-33-58-35-37-60-39-38-59-36-34-57-32-29-47(55)56)44-27-28-46(42(2)40-44)52-53-49-45(41-50)43(3)48(51-4)61-49;/h27-28,40H,5-26,29-39H2,1-3H3,(H,55,56);/q;+1/p-1. The Hall–Kier alpha value is -2.39. The number of hydrogen-bond acceptors (Lipinski definition) is 11. The van der Waals surface area contributed by atoms with Crippen molar-refractivity contribution in [2.75, 3.05) is 70.8 Å². The van der Waals surface area contributed by atoms with E-state index in [1.807, 2.05) is 13.0 Å². The van der Waals surface area contributed by atoms with Gasteiger partial charge in [0.2, 0.25) is 5.00 Å². The number of rotatable bonds is 41. The summed E-state index contributed by atoms with van der Waals surface area (Å²) in [6.07, 6.45) is 30.1. The summed E-state index contributed by atoms with van der Waals surface area (Å²) >= 11 is 1.20. The van der Waals surface area contributed by atoms with Crippen LogP contribution in [0.25, 0.3) is 4.85 Å². The van der Waals surface area contributed by atoms with E-state index in [2.05, 4.69) is 45.1 Å². The third-order valence-corrected chi connectivity index (χ3v) is 12.0. The Morgan fingerprint density at radius 3 is 1.58 bits per heavy atom. The molecule has 0 aliphatic carbocycles. The number of thiophene rings is 1. The van der Waals surface area contributed by atoms with Crippen LogP contribution in [-0.4, -0.2) is 71.9 Å². The Morgan fingerprint density at radius 2 is 1.15 bits per heavy atom. The van der Waals surface area contributed by atoms with E-state index in [-0.39, 0.29) is 42.6 Å². The molecule has 0 amide bonds. The molecule has 11 nitrogen and oxygen atoms in total. The number of carboxylic acid groups (broad SMARTS) is 1. The Bertz CT molecular complexity index is 1540. The number of carboxylic acids is 1. The van der Waals surface area contributed by atoms with Crippen LogP contribution in [0.1, 0.15) is 171 Å². The molecule has 0 N–H and O–H groups in total. The van der Waals surface area contributed by atoms with Crippen LogP contribution in [0.4, 0.5) is 21.4 Å². The molecule has 2 aromatic rings. The molecule has 1 aromatic heterocycles. The van der Waals surface area contributed by atoms with E-state index in [0.29, 0.717) is 67.4 Å². The summed E-state index contributed by atoms with van der Waals surface area (Å²) in [5.41, 5.74) is 3.89. The van der Waals surface area contributed by atoms with Crippen molar-refractivity contribution in [1.29, 1.82) is 5.26 Å². The van der Waals surface area contributed by atoms with Crippen LogP contribution in [-0.2, 0) is 23.7 Å². The zero-order chi connectivity index (χ0) is 44.0. The van der Waals surface area contributed by atoms with Gasteiger partial charge in [-0.2, -0.15) is 5.26 Å². The van der Waals surface area contributed by atoms with Crippen LogP contribution >= 0.6 is 11.3 Å². The first-order chi connectivity index (χ1) is 29.9. The fraction of sp³-hybridized carbons (Fsp3) is 0.735. The fourth-order valence-corrected chi connectivity index (χ4v) is 8.08. The van der Waals surface area contributed by atoms with Crippen LogP contribution in [0, 0.1) is 31.8 Å². The van der Waals surface area contributed by atoms with Gasteiger partial charge in [0.15, 0.2) is 0 Å². The van der Waals surface area contributed by atoms with Gasteiger partial charge in [-0.3, -0.25) is 0 Å². The number of carbonyl (C=O) groups is 1. The molecule has 0 fully saturated rings. The molecule has 2 rings (SSSR count). The number of carbonyl (C=O) groups excluding carboxylic acids is 1. The van der Waals surface area contributed by atoms with Crippen LogP contribution in [0.5, 0.6) is 0 Å². The largest absolute Gasteiger partial charge is 1.00 e. The number of nitriles is 1. The predicted octanol–water partition coefficient (Wildman–Crippen LogP) is 9.82. The molecule has 0 radical (unpaired) electrons. The zero-order valence-electron chi connectivity index (χ0n) is 39.2. The van der Waals surface area contributed by atoms with Crippen molar-refractivity contribution in [1.82, 2.24) is 0 Å². The Balaban J connectivity index is 0.0000192. The van der Waals surface area contributed by atoms with Crippen molar-refractivity contribution in [3.63, 3.8) is 0 Å². The van der Waals surface area contributed by atoms with Crippen molar-refractivity contribution in [2.45, 2.75) is 168 Å². The second-order valence-corrected chi connectivity index (χ2v) is 17.1. The summed E-state index contributed by atoms with van der Waals surface area (Å²) in [6.45, 7) is 18.4. The number of benzene rings is 1. The molecular formula is C49H78N5NaO6S. The Labute approximate surface area is 401 Å². The molecule has 342 valence electrons. The van der Waals surface area contributed by atoms with Crippen molar-refractivity contribution < 1.29 is 58.4 Å². The van der Waals surface area contributed by atoms with Crippen LogP contribution < -0.4 is 39.6 Å². The number of ether oxygens (including phenoxy) is 4. The Kier molecular flexibility index (Phi) is 37.3. The van der Waals surface area contributed by atoms with E-state index < -0.39 is 5.97 Å². The molecule has 0 aliphatic heterocycles. The third kappa shape index (κ3) is 28.4. The minimum absolute atomic E-state index is 0. The normalized spacial score (nSPS) is 11.2. The maximum Gasteiger partial charge on any atom is 1.00 e. The van der Waals surface area contributed by atoms with Gasteiger partial charge in [-0.25, -0.2) is 4.85 Å². The SMILES string of the molecule is [C-]#[N+]c1sc(N=Nc2ccc(N(CCCCCCCCCCCCCCCCCCCCCCCC)CCOCCOCCOCCOCCC(=O)[O-])cc2C)c(C#N)c1C.[Na+]. The maximum absolute atomic E-state index is 10.4. The number of aryl methyl sites for hydroxylation is 1. The molecule has 0 unspecified atom stereocenters. The molecule has 0 atom stereocenters. The number of anilines is 1. The van der Waals surface area contributed by atoms with Gasteiger partial charge in [0.25, 0.3) is 0 Å². The van der Waals surface area contributed by atoms with Gasteiger partial charge in [0.05, 0.1) is 70.7 Å². The maximum atomic E-state index is 10.4. The van der Waals surface area contributed by atoms with Crippen LogP contribution in [0.3, 0.4) is 0 Å². The smallest absolute Gasteiger partial charge is 0.550 e. The van der Waals surface area contributed by atoms with Gasteiger partial charge < -0.3 is 33.7 Å². The van der Waals surface area contributed by atoms with E-state index in [1.54, 1.807) is 6.92 Å². The molecular weight excluding hydrogens is 810 g/mol. The van der Waals surface area contributed by atoms with Gasteiger partial charge in [-0.05, 0) is 49.6 Å². The number of aliphatic carboxylic acids is 1. The molecule has 0 spiro atoms. The fourth-order valence-electron chi connectivity index (χ4n) is 7.22. The topological polar surface area (TPSA) is 133 Å². The zero-order valence-corrected chi connectivity index (χ0v) is 42.0. The third-order valence-electron chi connectivity index (χ3n) is 11.0. The van der Waals surface area contributed by atoms with Crippen molar-refractivity contribution >= 4 is 38.7 Å². The van der Waals surface area contributed by atoms with Gasteiger partial charge in [-0.15, -0.1) is 21.6 Å². The number of unbranched alkanes of at least 4 members (excludes halogenated alkanes) is 21.